The van der Waals surface area contributed by atoms with Crippen LogP contribution in [0.1, 0.15) is 26.3 Å². The van der Waals surface area contributed by atoms with Gasteiger partial charge in [-0.2, -0.15) is 0 Å². The van der Waals surface area contributed by atoms with E-state index in [1.165, 1.54) is 4.90 Å². The molecule has 3 atom stereocenters. The van der Waals surface area contributed by atoms with Gasteiger partial charge in [-0.05, 0) is 39.8 Å². The summed E-state index contributed by atoms with van der Waals surface area (Å²) in [7, 11) is 0. The lowest BCUT2D eigenvalue weighted by molar-refractivity contribution is -0.131. The highest BCUT2D eigenvalue weighted by Gasteiger charge is 2.44. The first-order valence-corrected chi connectivity index (χ1v) is 8.46. The highest BCUT2D eigenvalue weighted by atomic mass is 16.5. The second-order valence-corrected chi connectivity index (χ2v) is 6.87. The number of amides is 3. The second-order valence-electron chi connectivity index (χ2n) is 6.87. The molecule has 0 aliphatic carbocycles. The van der Waals surface area contributed by atoms with Gasteiger partial charge >= 0.3 is 6.03 Å². The average Bonchev–Trinajstić information content (AvgIpc) is 2.71. The molecule has 1 aromatic rings. The standard InChI is InChI=1S/C18H25N3O3/c1-12-5-7-16(8-6-12)21-15(4)17(22)20(18(21)23)11-19-9-13(2)24-14(3)10-19/h5-8,13-15H,9-11H2,1-4H3/t13-,14+,15-/m1/s1. The zero-order chi connectivity index (χ0) is 17.4. The van der Waals surface area contributed by atoms with Gasteiger partial charge in [0.1, 0.15) is 6.04 Å². The lowest BCUT2D eigenvalue weighted by Crippen LogP contribution is -2.51. The smallest absolute Gasteiger partial charge is 0.333 e. The lowest BCUT2D eigenvalue weighted by atomic mass is 10.2. The number of anilines is 1. The molecular weight excluding hydrogens is 306 g/mol. The van der Waals surface area contributed by atoms with Crippen molar-refractivity contribution in [2.24, 2.45) is 0 Å². The van der Waals surface area contributed by atoms with Gasteiger partial charge in [0.2, 0.25) is 0 Å². The minimum atomic E-state index is -0.476. The largest absolute Gasteiger partial charge is 0.373 e. The van der Waals surface area contributed by atoms with E-state index in [-0.39, 0.29) is 24.1 Å². The average molecular weight is 331 g/mol. The van der Waals surface area contributed by atoms with Gasteiger partial charge in [0.05, 0.1) is 18.9 Å². The fourth-order valence-corrected chi connectivity index (χ4v) is 3.50. The number of carbonyl (C=O) groups is 2. The van der Waals surface area contributed by atoms with Gasteiger partial charge in [-0.3, -0.25) is 14.6 Å². The number of ether oxygens (including phenoxy) is 1. The number of morpholine rings is 1. The molecule has 6 heteroatoms. The molecule has 6 nitrogen and oxygen atoms in total. The van der Waals surface area contributed by atoms with Crippen LogP contribution in [0.25, 0.3) is 0 Å². The van der Waals surface area contributed by atoms with Gasteiger partial charge in [-0.15, -0.1) is 0 Å². The Balaban J connectivity index is 1.76. The summed E-state index contributed by atoms with van der Waals surface area (Å²) in [6, 6.07) is 6.96. The van der Waals surface area contributed by atoms with E-state index in [0.717, 1.165) is 24.3 Å². The summed E-state index contributed by atoms with van der Waals surface area (Å²) in [5.74, 6) is -0.146. The number of nitrogens with zero attached hydrogens (tertiary/aromatic N) is 3. The third-order valence-electron chi connectivity index (χ3n) is 4.60. The van der Waals surface area contributed by atoms with Crippen molar-refractivity contribution in [3.63, 3.8) is 0 Å². The molecule has 1 aromatic carbocycles. The molecule has 3 amide bonds. The van der Waals surface area contributed by atoms with Crippen molar-refractivity contribution >= 4 is 17.6 Å². The Morgan fingerprint density at radius 3 is 2.21 bits per heavy atom. The van der Waals surface area contributed by atoms with Gasteiger partial charge in [-0.25, -0.2) is 9.69 Å². The first kappa shape index (κ1) is 16.9. The van der Waals surface area contributed by atoms with Crippen molar-refractivity contribution < 1.29 is 14.3 Å². The van der Waals surface area contributed by atoms with Crippen molar-refractivity contribution in [3.8, 4) is 0 Å². The van der Waals surface area contributed by atoms with Crippen molar-refractivity contribution in [1.82, 2.24) is 9.80 Å². The molecule has 2 heterocycles. The monoisotopic (exact) mass is 331 g/mol. The van der Waals surface area contributed by atoms with Crippen LogP contribution < -0.4 is 4.90 Å². The molecule has 24 heavy (non-hydrogen) atoms. The molecular formula is C18H25N3O3. The molecule has 0 aromatic heterocycles. The third-order valence-corrected chi connectivity index (χ3v) is 4.60. The topological polar surface area (TPSA) is 53.1 Å². The first-order valence-electron chi connectivity index (χ1n) is 8.46. The number of aryl methyl sites for hydroxylation is 1. The minimum Gasteiger partial charge on any atom is -0.373 e. The fourth-order valence-electron chi connectivity index (χ4n) is 3.50. The number of hydrogen-bond acceptors (Lipinski definition) is 4. The number of carbonyl (C=O) groups excluding carboxylic acids is 2. The summed E-state index contributed by atoms with van der Waals surface area (Å²) in [5, 5.41) is 0. The Kier molecular flexibility index (Phi) is 4.60. The lowest BCUT2D eigenvalue weighted by Gasteiger charge is -2.36. The van der Waals surface area contributed by atoms with E-state index in [9.17, 15) is 9.59 Å². The number of urea groups is 1. The minimum absolute atomic E-state index is 0.104. The Bertz CT molecular complexity index is 621. The highest BCUT2D eigenvalue weighted by Crippen LogP contribution is 2.26. The van der Waals surface area contributed by atoms with Gasteiger partial charge in [0, 0.05) is 18.8 Å². The van der Waals surface area contributed by atoms with Crippen LogP contribution in [0.3, 0.4) is 0 Å². The number of benzene rings is 1. The quantitative estimate of drug-likeness (QED) is 0.797. The Morgan fingerprint density at radius 1 is 1.04 bits per heavy atom. The normalized spacial score (nSPS) is 28.8. The molecule has 2 aliphatic rings. The maximum Gasteiger partial charge on any atom is 0.333 e. The zero-order valence-electron chi connectivity index (χ0n) is 14.7. The Hall–Kier alpha value is -1.92. The highest BCUT2D eigenvalue weighted by molar-refractivity contribution is 6.14. The van der Waals surface area contributed by atoms with Crippen LogP contribution in [0.4, 0.5) is 10.5 Å². The second kappa shape index (κ2) is 6.53. The van der Waals surface area contributed by atoms with E-state index in [0.29, 0.717) is 6.67 Å². The van der Waals surface area contributed by atoms with Crippen LogP contribution in [0, 0.1) is 6.92 Å². The summed E-state index contributed by atoms with van der Waals surface area (Å²) >= 11 is 0. The first-order chi connectivity index (χ1) is 11.4. The van der Waals surface area contributed by atoms with E-state index >= 15 is 0 Å². The van der Waals surface area contributed by atoms with Crippen LogP contribution in [-0.4, -0.2) is 59.7 Å². The van der Waals surface area contributed by atoms with Crippen molar-refractivity contribution in [3.05, 3.63) is 29.8 Å². The molecule has 2 aliphatic heterocycles. The van der Waals surface area contributed by atoms with Crippen molar-refractivity contribution in [2.75, 3.05) is 24.7 Å². The summed E-state index contributed by atoms with van der Waals surface area (Å²) in [6.45, 7) is 9.57. The maximum atomic E-state index is 12.8. The number of imide groups is 1. The molecule has 130 valence electrons. The third kappa shape index (κ3) is 3.16. The van der Waals surface area contributed by atoms with Crippen LogP contribution >= 0.6 is 0 Å². The van der Waals surface area contributed by atoms with E-state index in [4.69, 9.17) is 4.74 Å². The molecule has 0 spiro atoms. The van der Waals surface area contributed by atoms with E-state index < -0.39 is 6.04 Å². The molecule has 0 N–H and O–H groups in total. The van der Waals surface area contributed by atoms with Gasteiger partial charge in [0.25, 0.3) is 5.91 Å². The van der Waals surface area contributed by atoms with Crippen molar-refractivity contribution in [1.29, 1.82) is 0 Å². The number of hydrogen-bond donors (Lipinski definition) is 0. The maximum absolute atomic E-state index is 12.8. The molecule has 0 unspecified atom stereocenters. The van der Waals surface area contributed by atoms with Crippen molar-refractivity contribution in [2.45, 2.75) is 45.9 Å². The van der Waals surface area contributed by atoms with Crippen LogP contribution in [-0.2, 0) is 9.53 Å². The molecule has 0 radical (unpaired) electrons. The Morgan fingerprint density at radius 2 is 1.62 bits per heavy atom. The molecule has 2 fully saturated rings. The summed E-state index contributed by atoms with van der Waals surface area (Å²) in [4.78, 5) is 30.5. The van der Waals surface area contributed by atoms with E-state index in [1.54, 1.807) is 11.8 Å². The summed E-state index contributed by atoms with van der Waals surface area (Å²) in [5.41, 5.74) is 1.88. The van der Waals surface area contributed by atoms with Gasteiger partial charge in [0.15, 0.2) is 0 Å². The number of rotatable bonds is 3. The Labute approximate surface area is 143 Å². The molecule has 0 saturated carbocycles. The predicted molar refractivity (Wildman–Crippen MR) is 91.8 cm³/mol. The van der Waals surface area contributed by atoms with Gasteiger partial charge in [-0.1, -0.05) is 17.7 Å². The van der Waals surface area contributed by atoms with Crippen LogP contribution in [0.5, 0.6) is 0 Å². The van der Waals surface area contributed by atoms with Crippen LogP contribution in [0.2, 0.25) is 0 Å². The molecule has 0 bridgehead atoms. The summed E-state index contributed by atoms with van der Waals surface area (Å²) in [6.07, 6.45) is 0.208. The fraction of sp³-hybridized carbons (Fsp3) is 0.556. The van der Waals surface area contributed by atoms with Crippen LogP contribution in [0.15, 0.2) is 24.3 Å². The summed E-state index contributed by atoms with van der Waals surface area (Å²) < 4.78 is 5.72. The predicted octanol–water partition coefficient (Wildman–Crippen LogP) is 2.22. The molecule has 2 saturated heterocycles. The van der Waals surface area contributed by atoms with E-state index in [2.05, 4.69) is 4.90 Å². The SMILES string of the molecule is Cc1ccc(N2C(=O)N(CN3C[C@@H](C)O[C@@H](C)C3)C(=O)[C@H]2C)cc1. The molecule has 3 rings (SSSR count). The zero-order valence-corrected chi connectivity index (χ0v) is 14.7. The van der Waals surface area contributed by atoms with Gasteiger partial charge < -0.3 is 4.74 Å². The van der Waals surface area contributed by atoms with E-state index in [1.807, 2.05) is 45.0 Å².